The second-order valence-electron chi connectivity index (χ2n) is 2.67. The Hall–Kier alpha value is -0.840. The third kappa shape index (κ3) is 2.83. The second-order valence-corrected chi connectivity index (χ2v) is 3.46. The van der Waals surface area contributed by atoms with Gasteiger partial charge in [0.2, 0.25) is 11.8 Å². The summed E-state index contributed by atoms with van der Waals surface area (Å²) < 4.78 is 5.04. The van der Waals surface area contributed by atoms with E-state index in [9.17, 15) is 0 Å². The fourth-order valence-corrected chi connectivity index (χ4v) is 1.53. The highest BCUT2D eigenvalue weighted by atomic mass is 79.9. The van der Waals surface area contributed by atoms with Crippen LogP contribution in [0.4, 0.5) is 5.95 Å². The van der Waals surface area contributed by atoms with Gasteiger partial charge in [0.05, 0.1) is 7.11 Å². The molecule has 0 aliphatic carbocycles. The van der Waals surface area contributed by atoms with Gasteiger partial charge in [-0.2, -0.15) is 4.98 Å². The topological polar surface area (TPSA) is 38.2 Å². The van der Waals surface area contributed by atoms with Gasteiger partial charge in [0.1, 0.15) is 0 Å². The predicted octanol–water partition coefficient (Wildman–Crippen LogP) is 1.71. The fraction of sp³-hybridized carbons (Fsp3) is 0.556. The van der Waals surface area contributed by atoms with Gasteiger partial charge in [-0.1, -0.05) is 15.9 Å². The van der Waals surface area contributed by atoms with Gasteiger partial charge in [-0.15, -0.1) is 0 Å². The van der Waals surface area contributed by atoms with E-state index in [4.69, 9.17) is 4.74 Å². The van der Waals surface area contributed by atoms with Crippen LogP contribution in [0.25, 0.3) is 0 Å². The molecule has 0 unspecified atom stereocenters. The van der Waals surface area contributed by atoms with Crippen molar-refractivity contribution in [1.29, 1.82) is 0 Å². The minimum atomic E-state index is 0.600. The molecule has 0 fully saturated rings. The highest BCUT2D eigenvalue weighted by molar-refractivity contribution is 9.09. The third-order valence-corrected chi connectivity index (χ3v) is 2.20. The Morgan fingerprint density at radius 3 is 2.93 bits per heavy atom. The third-order valence-electron chi connectivity index (χ3n) is 1.85. The van der Waals surface area contributed by atoms with Crippen LogP contribution in [-0.4, -0.2) is 35.5 Å². The number of hydrogen-bond donors (Lipinski definition) is 0. The maximum Gasteiger partial charge on any atom is 0.228 e. The number of ether oxygens (including phenoxy) is 1. The highest BCUT2D eigenvalue weighted by Crippen LogP contribution is 2.11. The Balaban J connectivity index is 2.80. The van der Waals surface area contributed by atoms with E-state index in [1.54, 1.807) is 19.4 Å². The molecule has 78 valence electrons. The maximum absolute atomic E-state index is 5.04. The molecule has 0 radical (unpaired) electrons. The number of anilines is 1. The molecule has 0 atom stereocenters. The molecule has 0 bridgehead atoms. The first kappa shape index (κ1) is 11.2. The van der Waals surface area contributed by atoms with E-state index in [0.29, 0.717) is 11.8 Å². The van der Waals surface area contributed by atoms with Gasteiger partial charge in [-0.3, -0.25) is 0 Å². The molecular weight excluding hydrogens is 246 g/mol. The Bertz CT molecular complexity index is 283. The van der Waals surface area contributed by atoms with Crippen LogP contribution < -0.4 is 9.64 Å². The van der Waals surface area contributed by atoms with Gasteiger partial charge >= 0.3 is 0 Å². The Labute approximate surface area is 92.4 Å². The molecule has 1 rings (SSSR count). The van der Waals surface area contributed by atoms with E-state index in [1.807, 2.05) is 0 Å². The molecule has 1 aromatic rings. The molecule has 0 aliphatic heterocycles. The van der Waals surface area contributed by atoms with E-state index in [2.05, 4.69) is 37.7 Å². The molecule has 0 spiro atoms. The van der Waals surface area contributed by atoms with Crippen molar-refractivity contribution in [3.63, 3.8) is 0 Å². The molecule has 0 aromatic carbocycles. The van der Waals surface area contributed by atoms with Crippen molar-refractivity contribution in [2.24, 2.45) is 0 Å². The molecular formula is C9H14BrN3O. The summed E-state index contributed by atoms with van der Waals surface area (Å²) in [5, 5.41) is 0.904. The smallest absolute Gasteiger partial charge is 0.228 e. The zero-order chi connectivity index (χ0) is 10.4. The minimum absolute atomic E-state index is 0.600. The van der Waals surface area contributed by atoms with Crippen molar-refractivity contribution in [2.75, 3.05) is 30.4 Å². The summed E-state index contributed by atoms with van der Waals surface area (Å²) in [5.41, 5.74) is 0. The SMILES string of the molecule is CCN(CCBr)c1nccc(OC)n1. The molecule has 0 N–H and O–H groups in total. The number of hydrogen-bond acceptors (Lipinski definition) is 4. The summed E-state index contributed by atoms with van der Waals surface area (Å²) in [6, 6.07) is 1.74. The molecule has 4 nitrogen and oxygen atoms in total. The number of alkyl halides is 1. The van der Waals surface area contributed by atoms with Crippen molar-refractivity contribution < 1.29 is 4.74 Å². The summed E-state index contributed by atoms with van der Waals surface area (Å²) >= 11 is 3.40. The van der Waals surface area contributed by atoms with E-state index < -0.39 is 0 Å². The van der Waals surface area contributed by atoms with E-state index in [0.717, 1.165) is 18.4 Å². The number of nitrogens with zero attached hydrogens (tertiary/aromatic N) is 3. The first-order chi connectivity index (χ1) is 6.81. The first-order valence-corrected chi connectivity index (χ1v) is 5.62. The molecule has 0 amide bonds. The normalized spacial score (nSPS) is 9.93. The fourth-order valence-electron chi connectivity index (χ4n) is 1.10. The van der Waals surface area contributed by atoms with Crippen LogP contribution >= 0.6 is 15.9 Å². The first-order valence-electron chi connectivity index (χ1n) is 4.49. The molecule has 0 saturated heterocycles. The number of halogens is 1. The van der Waals surface area contributed by atoms with Crippen LogP contribution in [0.15, 0.2) is 12.3 Å². The Morgan fingerprint density at radius 1 is 1.57 bits per heavy atom. The largest absolute Gasteiger partial charge is 0.481 e. The summed E-state index contributed by atoms with van der Waals surface area (Å²) in [6.45, 7) is 3.86. The lowest BCUT2D eigenvalue weighted by Crippen LogP contribution is -2.26. The van der Waals surface area contributed by atoms with Gasteiger partial charge < -0.3 is 9.64 Å². The van der Waals surface area contributed by atoms with Crippen molar-refractivity contribution in [1.82, 2.24) is 9.97 Å². The van der Waals surface area contributed by atoms with Crippen LogP contribution in [0.3, 0.4) is 0 Å². The molecule has 14 heavy (non-hydrogen) atoms. The standard InChI is InChI=1S/C9H14BrN3O/c1-3-13(7-5-10)9-11-6-4-8(12-9)14-2/h4,6H,3,5,7H2,1-2H3. The summed E-state index contributed by atoms with van der Waals surface area (Å²) in [4.78, 5) is 10.5. The van der Waals surface area contributed by atoms with Crippen molar-refractivity contribution in [2.45, 2.75) is 6.92 Å². The zero-order valence-electron chi connectivity index (χ0n) is 8.40. The summed E-state index contributed by atoms with van der Waals surface area (Å²) in [5.74, 6) is 1.31. The van der Waals surface area contributed by atoms with Gasteiger partial charge in [0.25, 0.3) is 0 Å². The average Bonchev–Trinajstić information content (AvgIpc) is 2.26. The van der Waals surface area contributed by atoms with E-state index in [1.165, 1.54) is 0 Å². The molecule has 0 saturated carbocycles. The van der Waals surface area contributed by atoms with E-state index in [-0.39, 0.29) is 0 Å². The molecule has 5 heteroatoms. The van der Waals surface area contributed by atoms with Crippen LogP contribution in [0.2, 0.25) is 0 Å². The molecule has 1 heterocycles. The summed E-state index contributed by atoms with van der Waals surface area (Å²) in [7, 11) is 1.60. The zero-order valence-corrected chi connectivity index (χ0v) is 9.99. The second kappa shape index (κ2) is 5.80. The quantitative estimate of drug-likeness (QED) is 0.755. The molecule has 0 aliphatic rings. The van der Waals surface area contributed by atoms with Crippen molar-refractivity contribution in [3.05, 3.63) is 12.3 Å². The Kier molecular flexibility index (Phi) is 4.65. The van der Waals surface area contributed by atoms with Gasteiger partial charge in [0, 0.05) is 30.7 Å². The highest BCUT2D eigenvalue weighted by Gasteiger charge is 2.06. The van der Waals surface area contributed by atoms with Crippen LogP contribution in [0.5, 0.6) is 5.88 Å². The lowest BCUT2D eigenvalue weighted by Gasteiger charge is -2.19. The van der Waals surface area contributed by atoms with Crippen LogP contribution in [0.1, 0.15) is 6.92 Å². The number of methoxy groups -OCH3 is 1. The van der Waals surface area contributed by atoms with Crippen molar-refractivity contribution >= 4 is 21.9 Å². The summed E-state index contributed by atoms with van der Waals surface area (Å²) in [6.07, 6.45) is 1.71. The van der Waals surface area contributed by atoms with Crippen LogP contribution in [-0.2, 0) is 0 Å². The lowest BCUT2D eigenvalue weighted by atomic mass is 10.5. The molecule has 1 aromatic heterocycles. The van der Waals surface area contributed by atoms with Gasteiger partial charge in [-0.05, 0) is 6.92 Å². The van der Waals surface area contributed by atoms with E-state index >= 15 is 0 Å². The monoisotopic (exact) mass is 259 g/mol. The number of rotatable bonds is 5. The van der Waals surface area contributed by atoms with Crippen molar-refractivity contribution in [3.8, 4) is 5.88 Å². The minimum Gasteiger partial charge on any atom is -0.481 e. The predicted molar refractivity (Wildman–Crippen MR) is 60.3 cm³/mol. The van der Waals surface area contributed by atoms with Gasteiger partial charge in [-0.25, -0.2) is 4.98 Å². The van der Waals surface area contributed by atoms with Gasteiger partial charge in [0.15, 0.2) is 0 Å². The maximum atomic E-state index is 5.04. The van der Waals surface area contributed by atoms with Crippen LogP contribution in [0, 0.1) is 0 Å². The number of aromatic nitrogens is 2. The Morgan fingerprint density at radius 2 is 2.36 bits per heavy atom. The lowest BCUT2D eigenvalue weighted by molar-refractivity contribution is 0.396. The average molecular weight is 260 g/mol.